The number of methoxy groups -OCH3 is 1. The molecule has 1 fully saturated rings. The average molecular weight is 337 g/mol. The molecule has 1 aliphatic carbocycles. The van der Waals surface area contributed by atoms with Crippen LogP contribution in [0.1, 0.15) is 43.2 Å². The zero-order valence-electron chi connectivity index (χ0n) is 14.5. The molecule has 0 atom stereocenters. The minimum atomic E-state index is -0.141. The lowest BCUT2D eigenvalue weighted by atomic mass is 9.89. The molecule has 0 bridgehead atoms. The quantitative estimate of drug-likeness (QED) is 0.584. The lowest BCUT2D eigenvalue weighted by molar-refractivity contribution is -0.140. The molecule has 0 saturated heterocycles. The standard InChI is InChI=1S/C21H23NO3/c1-24-20-15-17(8-7-16-11-13-22-14-12-16)9-10-19(20)25-21(23)18-5-3-2-4-6-18/h7-15,18H,2-6H2,1H3/b8-7+. The Labute approximate surface area is 148 Å². The van der Waals surface area contributed by atoms with Crippen LogP contribution in [0.5, 0.6) is 11.5 Å². The molecule has 4 heteroatoms. The summed E-state index contributed by atoms with van der Waals surface area (Å²) in [6.07, 6.45) is 12.8. The van der Waals surface area contributed by atoms with Crippen molar-refractivity contribution >= 4 is 18.1 Å². The number of pyridine rings is 1. The van der Waals surface area contributed by atoms with Crippen molar-refractivity contribution in [3.05, 3.63) is 53.9 Å². The summed E-state index contributed by atoms with van der Waals surface area (Å²) in [6.45, 7) is 0. The van der Waals surface area contributed by atoms with Crippen molar-refractivity contribution in [1.29, 1.82) is 0 Å². The maximum atomic E-state index is 12.3. The zero-order chi connectivity index (χ0) is 17.5. The number of hydrogen-bond donors (Lipinski definition) is 0. The van der Waals surface area contributed by atoms with Crippen LogP contribution in [0.3, 0.4) is 0 Å². The minimum Gasteiger partial charge on any atom is -0.493 e. The van der Waals surface area contributed by atoms with Crippen LogP contribution in [0.15, 0.2) is 42.7 Å². The van der Waals surface area contributed by atoms with Gasteiger partial charge in [0.1, 0.15) is 0 Å². The van der Waals surface area contributed by atoms with E-state index in [0.717, 1.165) is 36.8 Å². The molecular weight excluding hydrogens is 314 g/mol. The van der Waals surface area contributed by atoms with Crippen LogP contribution in [-0.2, 0) is 4.79 Å². The molecule has 0 N–H and O–H groups in total. The molecule has 1 saturated carbocycles. The van der Waals surface area contributed by atoms with Gasteiger partial charge in [0, 0.05) is 12.4 Å². The third kappa shape index (κ3) is 4.69. The highest BCUT2D eigenvalue weighted by Gasteiger charge is 2.23. The van der Waals surface area contributed by atoms with Crippen LogP contribution in [0.25, 0.3) is 12.2 Å². The molecule has 1 aromatic heterocycles. The molecule has 130 valence electrons. The van der Waals surface area contributed by atoms with Crippen molar-refractivity contribution in [2.24, 2.45) is 5.92 Å². The molecule has 0 radical (unpaired) electrons. The SMILES string of the molecule is COc1cc(/C=C/c2ccncc2)ccc1OC(=O)C1CCCCC1. The summed E-state index contributed by atoms with van der Waals surface area (Å²) >= 11 is 0. The molecule has 0 amide bonds. The second kappa shape index (κ2) is 8.47. The molecule has 0 unspecified atom stereocenters. The van der Waals surface area contributed by atoms with E-state index in [-0.39, 0.29) is 11.9 Å². The Hall–Kier alpha value is -2.62. The van der Waals surface area contributed by atoms with Gasteiger partial charge in [-0.1, -0.05) is 37.5 Å². The van der Waals surface area contributed by atoms with Crippen molar-refractivity contribution in [2.45, 2.75) is 32.1 Å². The molecule has 1 aromatic carbocycles. The number of benzene rings is 1. The lowest BCUT2D eigenvalue weighted by Gasteiger charge is -2.20. The summed E-state index contributed by atoms with van der Waals surface area (Å²) < 4.78 is 11.0. The number of carbonyl (C=O) groups excluding carboxylic acids is 1. The summed E-state index contributed by atoms with van der Waals surface area (Å²) in [4.78, 5) is 16.3. The number of rotatable bonds is 5. The van der Waals surface area contributed by atoms with E-state index in [2.05, 4.69) is 4.98 Å². The van der Waals surface area contributed by atoms with Crippen LogP contribution in [-0.4, -0.2) is 18.1 Å². The van der Waals surface area contributed by atoms with Gasteiger partial charge < -0.3 is 9.47 Å². The fourth-order valence-electron chi connectivity index (χ4n) is 3.07. The molecule has 1 aliphatic rings. The normalized spacial score (nSPS) is 15.2. The molecule has 3 rings (SSSR count). The Bertz CT molecular complexity index is 734. The number of hydrogen-bond acceptors (Lipinski definition) is 4. The third-order valence-corrected chi connectivity index (χ3v) is 4.51. The van der Waals surface area contributed by atoms with Gasteiger partial charge in [0.25, 0.3) is 0 Å². The molecule has 0 aliphatic heterocycles. The molecule has 4 nitrogen and oxygen atoms in total. The Balaban J connectivity index is 1.71. The first-order valence-electron chi connectivity index (χ1n) is 8.74. The van der Waals surface area contributed by atoms with Crippen LogP contribution in [0, 0.1) is 5.92 Å². The maximum Gasteiger partial charge on any atom is 0.314 e. The van der Waals surface area contributed by atoms with E-state index in [0.29, 0.717) is 11.5 Å². The van der Waals surface area contributed by atoms with Crippen molar-refractivity contribution in [3.63, 3.8) is 0 Å². The molecule has 2 aromatic rings. The van der Waals surface area contributed by atoms with E-state index in [1.807, 2.05) is 36.4 Å². The zero-order valence-corrected chi connectivity index (χ0v) is 14.5. The lowest BCUT2D eigenvalue weighted by Crippen LogP contribution is -2.22. The third-order valence-electron chi connectivity index (χ3n) is 4.51. The predicted octanol–water partition coefficient (Wildman–Crippen LogP) is 4.75. The van der Waals surface area contributed by atoms with Gasteiger partial charge in [-0.05, 0) is 48.2 Å². The number of carbonyl (C=O) groups is 1. The highest BCUT2D eigenvalue weighted by molar-refractivity contribution is 5.77. The Morgan fingerprint density at radius 1 is 1.00 bits per heavy atom. The van der Waals surface area contributed by atoms with Crippen LogP contribution < -0.4 is 9.47 Å². The summed E-state index contributed by atoms with van der Waals surface area (Å²) in [5.74, 6) is 0.933. The van der Waals surface area contributed by atoms with Crippen molar-refractivity contribution < 1.29 is 14.3 Å². The Morgan fingerprint density at radius 3 is 2.44 bits per heavy atom. The van der Waals surface area contributed by atoms with Crippen LogP contribution in [0.2, 0.25) is 0 Å². The number of nitrogens with zero attached hydrogens (tertiary/aromatic N) is 1. The highest BCUT2D eigenvalue weighted by Crippen LogP contribution is 2.31. The molecule has 1 heterocycles. The van der Waals surface area contributed by atoms with Crippen molar-refractivity contribution in [2.75, 3.05) is 7.11 Å². The van der Waals surface area contributed by atoms with Gasteiger partial charge in [-0.25, -0.2) is 0 Å². The summed E-state index contributed by atoms with van der Waals surface area (Å²) in [5, 5.41) is 0. The largest absolute Gasteiger partial charge is 0.493 e. The monoisotopic (exact) mass is 337 g/mol. The van der Waals surface area contributed by atoms with Crippen molar-refractivity contribution in [1.82, 2.24) is 4.98 Å². The smallest absolute Gasteiger partial charge is 0.314 e. The average Bonchev–Trinajstić information content (AvgIpc) is 2.68. The number of esters is 1. The number of ether oxygens (including phenoxy) is 2. The van der Waals surface area contributed by atoms with Gasteiger partial charge in [0.15, 0.2) is 11.5 Å². The van der Waals surface area contributed by atoms with Gasteiger partial charge in [-0.15, -0.1) is 0 Å². The second-order valence-corrected chi connectivity index (χ2v) is 6.28. The van der Waals surface area contributed by atoms with Gasteiger partial charge in [-0.3, -0.25) is 9.78 Å². The van der Waals surface area contributed by atoms with E-state index < -0.39 is 0 Å². The van der Waals surface area contributed by atoms with E-state index in [9.17, 15) is 4.79 Å². The first-order chi connectivity index (χ1) is 12.3. The molecular formula is C21H23NO3. The maximum absolute atomic E-state index is 12.3. The fourth-order valence-corrected chi connectivity index (χ4v) is 3.07. The molecule has 0 spiro atoms. The van der Waals surface area contributed by atoms with E-state index >= 15 is 0 Å². The molecule has 25 heavy (non-hydrogen) atoms. The first kappa shape index (κ1) is 17.2. The minimum absolute atomic E-state index is 0.0183. The topological polar surface area (TPSA) is 48.4 Å². The predicted molar refractivity (Wildman–Crippen MR) is 98.4 cm³/mol. The van der Waals surface area contributed by atoms with E-state index in [1.165, 1.54) is 6.42 Å². The van der Waals surface area contributed by atoms with Crippen LogP contribution in [0.4, 0.5) is 0 Å². The van der Waals surface area contributed by atoms with E-state index in [1.54, 1.807) is 25.6 Å². The summed E-state index contributed by atoms with van der Waals surface area (Å²) in [7, 11) is 1.59. The van der Waals surface area contributed by atoms with Crippen LogP contribution >= 0.6 is 0 Å². The Morgan fingerprint density at radius 2 is 1.72 bits per heavy atom. The van der Waals surface area contributed by atoms with Crippen molar-refractivity contribution in [3.8, 4) is 11.5 Å². The Kier molecular flexibility index (Phi) is 5.83. The fraction of sp³-hybridized carbons (Fsp3) is 0.333. The highest BCUT2D eigenvalue weighted by atomic mass is 16.6. The summed E-state index contributed by atoms with van der Waals surface area (Å²) in [5.41, 5.74) is 2.05. The van der Waals surface area contributed by atoms with E-state index in [4.69, 9.17) is 9.47 Å². The van der Waals surface area contributed by atoms with Gasteiger partial charge in [0.05, 0.1) is 13.0 Å². The van der Waals surface area contributed by atoms with Gasteiger partial charge >= 0.3 is 5.97 Å². The van der Waals surface area contributed by atoms with Gasteiger partial charge in [0.2, 0.25) is 0 Å². The second-order valence-electron chi connectivity index (χ2n) is 6.28. The summed E-state index contributed by atoms with van der Waals surface area (Å²) in [6, 6.07) is 9.47. The van der Waals surface area contributed by atoms with Gasteiger partial charge in [-0.2, -0.15) is 0 Å². The number of aromatic nitrogens is 1. The first-order valence-corrected chi connectivity index (χ1v) is 8.74.